The Kier molecular flexibility index (Phi) is 5.46. The van der Waals surface area contributed by atoms with Gasteiger partial charge in [-0.3, -0.25) is 4.79 Å². The van der Waals surface area contributed by atoms with Crippen LogP contribution in [0.5, 0.6) is 11.5 Å². The van der Waals surface area contributed by atoms with Crippen molar-refractivity contribution in [1.82, 2.24) is 4.98 Å². The van der Waals surface area contributed by atoms with E-state index < -0.39 is 0 Å². The minimum atomic E-state index is 0.132. The number of para-hydroxylation sites is 1. The Morgan fingerprint density at radius 2 is 1.88 bits per heavy atom. The van der Waals surface area contributed by atoms with Crippen molar-refractivity contribution < 1.29 is 14.3 Å². The monoisotopic (exact) mass is 353 g/mol. The zero-order valence-electron chi connectivity index (χ0n) is 14.2. The van der Waals surface area contributed by atoms with Gasteiger partial charge in [0.05, 0.1) is 18.4 Å². The summed E-state index contributed by atoms with van der Waals surface area (Å²) in [6.45, 7) is 2.24. The van der Waals surface area contributed by atoms with Crippen LogP contribution in [0.3, 0.4) is 0 Å². The van der Waals surface area contributed by atoms with Gasteiger partial charge in [-0.15, -0.1) is 11.3 Å². The van der Waals surface area contributed by atoms with Gasteiger partial charge in [0.15, 0.2) is 5.78 Å². The zero-order chi connectivity index (χ0) is 17.6. The Balaban J connectivity index is 1.67. The van der Waals surface area contributed by atoms with E-state index in [2.05, 4.69) is 4.98 Å². The zero-order valence-corrected chi connectivity index (χ0v) is 15.0. The number of rotatable bonds is 7. The van der Waals surface area contributed by atoms with Crippen molar-refractivity contribution in [2.24, 2.45) is 0 Å². The van der Waals surface area contributed by atoms with Crippen molar-refractivity contribution in [2.45, 2.75) is 20.0 Å². The van der Waals surface area contributed by atoms with E-state index in [0.29, 0.717) is 18.6 Å². The molecular formula is C20H19NO3S. The summed E-state index contributed by atoms with van der Waals surface area (Å²) in [5.74, 6) is 1.66. The van der Waals surface area contributed by atoms with Crippen LogP contribution >= 0.6 is 11.3 Å². The topological polar surface area (TPSA) is 48.4 Å². The van der Waals surface area contributed by atoms with E-state index in [-0.39, 0.29) is 5.78 Å². The van der Waals surface area contributed by atoms with Crippen LogP contribution in [0.1, 0.15) is 29.4 Å². The lowest BCUT2D eigenvalue weighted by Crippen LogP contribution is -1.98. The number of thiazole rings is 1. The Morgan fingerprint density at radius 1 is 1.12 bits per heavy atom. The van der Waals surface area contributed by atoms with E-state index >= 15 is 0 Å². The molecule has 128 valence electrons. The second-order valence-electron chi connectivity index (χ2n) is 5.43. The Morgan fingerprint density at radius 3 is 2.60 bits per heavy atom. The first kappa shape index (κ1) is 17.2. The molecule has 25 heavy (non-hydrogen) atoms. The van der Waals surface area contributed by atoms with Gasteiger partial charge in [0.1, 0.15) is 23.1 Å². The highest BCUT2D eigenvalue weighted by Gasteiger charge is 2.10. The molecule has 0 bridgehead atoms. The molecule has 0 amide bonds. The third-order valence-corrected chi connectivity index (χ3v) is 4.70. The maximum absolute atomic E-state index is 11.6. The van der Waals surface area contributed by atoms with Crippen LogP contribution in [-0.4, -0.2) is 17.9 Å². The second-order valence-corrected chi connectivity index (χ2v) is 6.29. The molecule has 0 atom stereocenters. The SMILES string of the molecule is CCC(=O)c1ccc(OCc2csc(-c3ccccc3OC)n2)cc1. The van der Waals surface area contributed by atoms with Crippen molar-refractivity contribution in [3.05, 3.63) is 65.2 Å². The lowest BCUT2D eigenvalue weighted by Gasteiger charge is -2.06. The number of benzene rings is 2. The number of Topliss-reactive ketones (excluding diaryl/α,β-unsaturated/α-hetero) is 1. The minimum absolute atomic E-state index is 0.132. The molecule has 0 aliphatic heterocycles. The number of nitrogens with zero attached hydrogens (tertiary/aromatic N) is 1. The quantitative estimate of drug-likeness (QED) is 0.561. The summed E-state index contributed by atoms with van der Waals surface area (Å²) in [5, 5.41) is 2.89. The van der Waals surface area contributed by atoms with Crippen molar-refractivity contribution in [3.8, 4) is 22.1 Å². The number of ether oxygens (including phenoxy) is 2. The number of hydrogen-bond donors (Lipinski definition) is 0. The average molecular weight is 353 g/mol. The highest BCUT2D eigenvalue weighted by atomic mass is 32.1. The normalized spacial score (nSPS) is 10.5. The standard InChI is InChI=1S/C20H19NO3S/c1-3-18(22)14-8-10-16(11-9-14)24-12-15-13-25-20(21-15)17-6-4-5-7-19(17)23-2/h4-11,13H,3,12H2,1-2H3. The molecule has 3 rings (SSSR count). The average Bonchev–Trinajstić information content (AvgIpc) is 3.15. The largest absolute Gasteiger partial charge is 0.496 e. The van der Waals surface area contributed by atoms with Gasteiger partial charge in [-0.2, -0.15) is 0 Å². The van der Waals surface area contributed by atoms with Crippen LogP contribution in [0.2, 0.25) is 0 Å². The van der Waals surface area contributed by atoms with Gasteiger partial charge in [0.2, 0.25) is 0 Å². The van der Waals surface area contributed by atoms with Gasteiger partial charge in [-0.05, 0) is 36.4 Å². The first-order valence-electron chi connectivity index (χ1n) is 8.05. The van der Waals surface area contributed by atoms with Gasteiger partial charge in [-0.1, -0.05) is 19.1 Å². The van der Waals surface area contributed by atoms with Crippen molar-refractivity contribution in [3.63, 3.8) is 0 Å². The molecule has 0 unspecified atom stereocenters. The molecule has 4 nitrogen and oxygen atoms in total. The second kappa shape index (κ2) is 7.94. The maximum atomic E-state index is 11.6. The van der Waals surface area contributed by atoms with Crippen molar-refractivity contribution in [2.75, 3.05) is 7.11 Å². The number of carbonyl (C=O) groups excluding carboxylic acids is 1. The predicted molar refractivity (Wildman–Crippen MR) is 99.5 cm³/mol. The van der Waals surface area contributed by atoms with E-state index in [1.54, 1.807) is 30.6 Å². The summed E-state index contributed by atoms with van der Waals surface area (Å²) in [7, 11) is 1.66. The van der Waals surface area contributed by atoms with Gasteiger partial charge < -0.3 is 9.47 Å². The molecular weight excluding hydrogens is 334 g/mol. The summed E-state index contributed by atoms with van der Waals surface area (Å²) in [5.41, 5.74) is 2.55. The van der Waals surface area contributed by atoms with Crippen LogP contribution in [0.25, 0.3) is 10.6 Å². The summed E-state index contributed by atoms with van der Waals surface area (Å²) in [4.78, 5) is 16.3. The van der Waals surface area contributed by atoms with E-state index in [0.717, 1.165) is 27.8 Å². The minimum Gasteiger partial charge on any atom is -0.496 e. The van der Waals surface area contributed by atoms with Gasteiger partial charge in [-0.25, -0.2) is 4.98 Å². The van der Waals surface area contributed by atoms with Gasteiger partial charge >= 0.3 is 0 Å². The number of hydrogen-bond acceptors (Lipinski definition) is 5. The van der Waals surface area contributed by atoms with Crippen molar-refractivity contribution in [1.29, 1.82) is 0 Å². The Bertz CT molecular complexity index is 855. The summed E-state index contributed by atoms with van der Waals surface area (Å²) in [6.07, 6.45) is 0.505. The number of methoxy groups -OCH3 is 1. The molecule has 3 aromatic rings. The van der Waals surface area contributed by atoms with Crippen LogP contribution in [0, 0.1) is 0 Å². The predicted octanol–water partition coefficient (Wildman–Crippen LogP) is 4.99. The van der Waals surface area contributed by atoms with E-state index in [1.165, 1.54) is 0 Å². The lowest BCUT2D eigenvalue weighted by molar-refractivity contribution is 0.0988. The molecule has 0 spiro atoms. The summed E-state index contributed by atoms with van der Waals surface area (Å²) < 4.78 is 11.2. The van der Waals surface area contributed by atoms with Crippen LogP contribution in [0.15, 0.2) is 53.9 Å². The number of carbonyl (C=O) groups is 1. The van der Waals surface area contributed by atoms with Crippen molar-refractivity contribution >= 4 is 17.1 Å². The molecule has 0 fully saturated rings. The van der Waals surface area contributed by atoms with E-state index in [9.17, 15) is 4.79 Å². The molecule has 0 N–H and O–H groups in total. The lowest BCUT2D eigenvalue weighted by atomic mass is 10.1. The van der Waals surface area contributed by atoms with E-state index in [4.69, 9.17) is 9.47 Å². The maximum Gasteiger partial charge on any atom is 0.162 e. The summed E-state index contributed by atoms with van der Waals surface area (Å²) in [6, 6.07) is 15.0. The Labute approximate surface area is 151 Å². The third kappa shape index (κ3) is 4.06. The molecule has 2 aromatic carbocycles. The fourth-order valence-electron chi connectivity index (χ4n) is 2.42. The molecule has 0 radical (unpaired) electrons. The number of aromatic nitrogens is 1. The summed E-state index contributed by atoms with van der Waals surface area (Å²) >= 11 is 1.56. The fourth-order valence-corrected chi connectivity index (χ4v) is 3.25. The highest BCUT2D eigenvalue weighted by molar-refractivity contribution is 7.13. The van der Waals surface area contributed by atoms with Gasteiger partial charge in [0.25, 0.3) is 0 Å². The smallest absolute Gasteiger partial charge is 0.162 e. The van der Waals surface area contributed by atoms with Crippen LogP contribution in [-0.2, 0) is 6.61 Å². The van der Waals surface area contributed by atoms with Gasteiger partial charge in [0, 0.05) is 17.4 Å². The molecule has 1 heterocycles. The molecule has 0 aliphatic rings. The first-order valence-corrected chi connectivity index (χ1v) is 8.93. The van der Waals surface area contributed by atoms with Crippen LogP contribution in [0.4, 0.5) is 0 Å². The molecule has 0 saturated heterocycles. The molecule has 0 saturated carbocycles. The Hall–Kier alpha value is -2.66. The van der Waals surface area contributed by atoms with Crippen LogP contribution < -0.4 is 9.47 Å². The number of ketones is 1. The first-order chi connectivity index (χ1) is 12.2. The molecule has 0 aliphatic carbocycles. The van der Waals surface area contributed by atoms with E-state index in [1.807, 2.05) is 48.7 Å². The molecule has 1 aromatic heterocycles. The molecule has 5 heteroatoms. The highest BCUT2D eigenvalue weighted by Crippen LogP contribution is 2.32. The third-order valence-electron chi connectivity index (χ3n) is 3.77. The fraction of sp³-hybridized carbons (Fsp3) is 0.200.